The van der Waals surface area contributed by atoms with E-state index in [-0.39, 0.29) is 16.4 Å². The summed E-state index contributed by atoms with van der Waals surface area (Å²) in [6.07, 6.45) is 1.70. The van der Waals surface area contributed by atoms with E-state index in [0.717, 1.165) is 4.88 Å². The summed E-state index contributed by atoms with van der Waals surface area (Å²) in [5.74, 6) is 0. The lowest BCUT2D eigenvalue weighted by atomic mass is 9.67. The summed E-state index contributed by atoms with van der Waals surface area (Å²) < 4.78 is 0. The van der Waals surface area contributed by atoms with Gasteiger partial charge in [0.05, 0.1) is 11.4 Å². The minimum absolute atomic E-state index is 0.0964. The Morgan fingerprint density at radius 1 is 0.867 bits per heavy atom. The summed E-state index contributed by atoms with van der Waals surface area (Å²) in [6, 6.07) is 21.4. The molecule has 0 aliphatic carbocycles. The Bertz CT molecular complexity index is 1310. The molecule has 146 valence electrons. The van der Waals surface area contributed by atoms with E-state index in [9.17, 15) is 10.5 Å². The number of rotatable bonds is 1. The average Bonchev–Trinajstić information content (AvgIpc) is 3.16. The van der Waals surface area contributed by atoms with Crippen molar-refractivity contribution in [1.29, 1.82) is 10.5 Å². The molecule has 0 radical (unpaired) electrons. The van der Waals surface area contributed by atoms with E-state index in [1.807, 2.05) is 12.1 Å². The molecule has 2 aliphatic rings. The van der Waals surface area contributed by atoms with E-state index < -0.39 is 0 Å². The molecule has 0 atom stereocenters. The summed E-state index contributed by atoms with van der Waals surface area (Å²) in [6.45, 7) is 9.13. The molecule has 4 heteroatoms. The van der Waals surface area contributed by atoms with E-state index in [1.165, 1.54) is 38.6 Å². The van der Waals surface area contributed by atoms with Crippen molar-refractivity contribution in [2.75, 3.05) is 4.90 Å². The lowest BCUT2D eigenvalue weighted by Crippen LogP contribution is -2.37. The molecule has 0 bridgehead atoms. The van der Waals surface area contributed by atoms with Gasteiger partial charge in [0.2, 0.25) is 0 Å². The highest BCUT2D eigenvalue weighted by atomic mass is 32.1. The molecule has 5 rings (SSSR count). The Morgan fingerprint density at radius 2 is 1.47 bits per heavy atom. The monoisotopic (exact) mass is 407 g/mol. The van der Waals surface area contributed by atoms with Gasteiger partial charge >= 0.3 is 0 Å². The number of para-hydroxylation sites is 2. The number of anilines is 3. The molecule has 0 fully saturated rings. The van der Waals surface area contributed by atoms with E-state index in [0.29, 0.717) is 0 Å². The van der Waals surface area contributed by atoms with Gasteiger partial charge < -0.3 is 4.90 Å². The Balaban J connectivity index is 1.87. The fraction of sp³-hybridized carbons (Fsp3) is 0.231. The van der Waals surface area contributed by atoms with Crippen LogP contribution in [0, 0.1) is 22.7 Å². The molecule has 30 heavy (non-hydrogen) atoms. The van der Waals surface area contributed by atoms with Gasteiger partial charge in [0.25, 0.3) is 0 Å². The predicted octanol–water partition coefficient (Wildman–Crippen LogP) is 6.93. The van der Waals surface area contributed by atoms with Gasteiger partial charge in [0, 0.05) is 15.7 Å². The maximum Gasteiger partial charge on any atom is 0.131 e. The second-order valence-electron chi connectivity index (χ2n) is 8.95. The first kappa shape index (κ1) is 18.7. The van der Waals surface area contributed by atoms with E-state index in [1.54, 1.807) is 17.4 Å². The Labute approximate surface area is 181 Å². The SMILES string of the molecule is CC1(C)c2ccccc2N2c3sc(C=C(C#N)C#N)cc3C(C)(C)c3cccc1c32. The van der Waals surface area contributed by atoms with Gasteiger partial charge in [0.15, 0.2) is 0 Å². The third-order valence-corrected chi connectivity index (χ3v) is 7.63. The lowest BCUT2D eigenvalue weighted by molar-refractivity contribution is 0.600. The fourth-order valence-corrected chi connectivity index (χ4v) is 6.21. The van der Waals surface area contributed by atoms with E-state index in [2.05, 4.69) is 81.1 Å². The average molecular weight is 408 g/mol. The van der Waals surface area contributed by atoms with Crippen LogP contribution in [-0.2, 0) is 10.8 Å². The van der Waals surface area contributed by atoms with Gasteiger partial charge in [-0.1, -0.05) is 64.1 Å². The van der Waals surface area contributed by atoms with Crippen molar-refractivity contribution in [3.05, 3.63) is 81.2 Å². The molecular formula is C26H21N3S. The number of thiophene rings is 1. The van der Waals surface area contributed by atoms with E-state index in [4.69, 9.17) is 0 Å². The molecule has 1 aromatic heterocycles. The first-order valence-electron chi connectivity index (χ1n) is 10.0. The molecule has 0 saturated carbocycles. The summed E-state index contributed by atoms with van der Waals surface area (Å²) in [4.78, 5) is 3.33. The Morgan fingerprint density at radius 3 is 2.13 bits per heavy atom. The van der Waals surface area contributed by atoms with Crippen LogP contribution in [0.3, 0.4) is 0 Å². The highest BCUT2D eigenvalue weighted by Gasteiger charge is 2.45. The third-order valence-electron chi connectivity index (χ3n) is 6.56. The molecule has 2 aliphatic heterocycles. The van der Waals surface area contributed by atoms with Crippen LogP contribution in [0.2, 0.25) is 0 Å². The minimum atomic E-state index is -0.179. The number of hydrogen-bond donors (Lipinski definition) is 0. The molecule has 0 N–H and O–H groups in total. The highest BCUT2D eigenvalue weighted by molar-refractivity contribution is 7.17. The van der Waals surface area contributed by atoms with E-state index >= 15 is 0 Å². The molecule has 0 spiro atoms. The van der Waals surface area contributed by atoms with Crippen LogP contribution in [0.15, 0.2) is 54.1 Å². The van der Waals surface area contributed by atoms with Crippen LogP contribution in [0.1, 0.15) is 54.8 Å². The topological polar surface area (TPSA) is 50.8 Å². The van der Waals surface area contributed by atoms with Crippen LogP contribution < -0.4 is 4.90 Å². The number of allylic oxidation sites excluding steroid dienone is 1. The maximum absolute atomic E-state index is 9.22. The smallest absolute Gasteiger partial charge is 0.131 e. The summed E-state index contributed by atoms with van der Waals surface area (Å²) in [5.41, 5.74) is 7.51. The lowest BCUT2D eigenvalue weighted by Gasteiger charge is -2.48. The van der Waals surface area contributed by atoms with Gasteiger partial charge in [0.1, 0.15) is 22.7 Å². The molecule has 0 saturated heterocycles. The van der Waals surface area contributed by atoms with Crippen LogP contribution in [0.4, 0.5) is 16.4 Å². The fourth-order valence-electron chi connectivity index (χ4n) is 4.93. The number of hydrogen-bond acceptors (Lipinski definition) is 4. The molecule has 2 aromatic carbocycles. The van der Waals surface area contributed by atoms with Crippen molar-refractivity contribution < 1.29 is 0 Å². The van der Waals surface area contributed by atoms with Gasteiger partial charge in [-0.25, -0.2) is 0 Å². The van der Waals surface area contributed by atoms with Crippen LogP contribution >= 0.6 is 11.3 Å². The van der Waals surface area contributed by atoms with Gasteiger partial charge in [-0.3, -0.25) is 0 Å². The second-order valence-corrected chi connectivity index (χ2v) is 10.0. The van der Waals surface area contributed by atoms with Crippen LogP contribution in [-0.4, -0.2) is 0 Å². The maximum atomic E-state index is 9.22. The molecular weight excluding hydrogens is 386 g/mol. The standard InChI is InChI=1S/C26H21N3S/c1-25(2)18-8-5-6-11-22(18)29-23-19(25)9-7-10-20(23)26(3,4)21-13-17(30-24(21)29)12-16(14-27)15-28/h5-13H,1-4H3. The summed E-state index contributed by atoms with van der Waals surface area (Å²) >= 11 is 1.65. The number of nitriles is 2. The summed E-state index contributed by atoms with van der Waals surface area (Å²) in [7, 11) is 0. The van der Waals surface area contributed by atoms with Gasteiger partial charge in [-0.2, -0.15) is 10.5 Å². The Hall–Kier alpha value is -3.34. The third kappa shape index (κ3) is 2.29. The van der Waals surface area contributed by atoms with Crippen molar-refractivity contribution >= 4 is 33.8 Å². The van der Waals surface area contributed by atoms with Crippen molar-refractivity contribution in [3.63, 3.8) is 0 Å². The van der Waals surface area contributed by atoms with Gasteiger partial charge in [-0.15, -0.1) is 11.3 Å². The summed E-state index contributed by atoms with van der Waals surface area (Å²) in [5, 5.41) is 19.6. The van der Waals surface area contributed by atoms with Gasteiger partial charge in [-0.05, 0) is 40.5 Å². The van der Waals surface area contributed by atoms with Crippen molar-refractivity contribution in [2.24, 2.45) is 0 Å². The molecule has 0 unspecified atom stereocenters. The van der Waals surface area contributed by atoms with Crippen molar-refractivity contribution in [2.45, 2.75) is 38.5 Å². The molecule has 0 amide bonds. The zero-order chi connectivity index (χ0) is 21.3. The Kier molecular flexibility index (Phi) is 3.78. The highest BCUT2D eigenvalue weighted by Crippen LogP contribution is 2.61. The van der Waals surface area contributed by atoms with Crippen LogP contribution in [0.25, 0.3) is 6.08 Å². The van der Waals surface area contributed by atoms with Crippen molar-refractivity contribution in [1.82, 2.24) is 0 Å². The van der Waals surface area contributed by atoms with Crippen molar-refractivity contribution in [3.8, 4) is 12.1 Å². The molecule has 3 aromatic rings. The number of nitrogens with zero attached hydrogens (tertiary/aromatic N) is 3. The normalized spacial score (nSPS) is 16.4. The number of benzene rings is 2. The largest absolute Gasteiger partial charge is 0.301 e. The first-order valence-corrected chi connectivity index (χ1v) is 10.8. The second kappa shape index (κ2) is 6.08. The minimum Gasteiger partial charge on any atom is -0.301 e. The zero-order valence-electron chi connectivity index (χ0n) is 17.4. The predicted molar refractivity (Wildman–Crippen MR) is 122 cm³/mol. The molecule has 3 nitrogen and oxygen atoms in total. The zero-order valence-corrected chi connectivity index (χ0v) is 18.3. The molecule has 3 heterocycles. The van der Waals surface area contributed by atoms with Crippen LogP contribution in [0.5, 0.6) is 0 Å². The first-order chi connectivity index (χ1) is 14.3. The number of fused-ring (bicyclic) bond motifs is 4. The quantitative estimate of drug-likeness (QED) is 0.411.